The van der Waals surface area contributed by atoms with Gasteiger partial charge in [0.05, 0.1) is 12.5 Å². The predicted molar refractivity (Wildman–Crippen MR) is 47.2 cm³/mol. The lowest BCUT2D eigenvalue weighted by atomic mass is 9.76. The maximum Gasteiger partial charge on any atom is 0.312 e. The van der Waals surface area contributed by atoms with Gasteiger partial charge < -0.3 is 14.8 Å². The minimum atomic E-state index is -0.554. The van der Waals surface area contributed by atoms with Crippen LogP contribution in [-0.2, 0) is 14.3 Å². The lowest BCUT2D eigenvalue weighted by Gasteiger charge is -2.33. The van der Waals surface area contributed by atoms with Gasteiger partial charge in [0.15, 0.2) is 0 Å². The Hall–Kier alpha value is -0.900. The van der Waals surface area contributed by atoms with Crippen molar-refractivity contribution in [3.05, 3.63) is 0 Å². The number of piperidine rings is 1. The number of hydrogen-bond donors (Lipinski definition) is 1. The summed E-state index contributed by atoms with van der Waals surface area (Å²) in [5.41, 5.74) is -0.554. The highest BCUT2D eigenvalue weighted by atomic mass is 16.5. The van der Waals surface area contributed by atoms with Crippen LogP contribution in [0.1, 0.15) is 19.3 Å². The number of carbonyl (C=O) groups is 2. The summed E-state index contributed by atoms with van der Waals surface area (Å²) in [5.74, 6) is -0.249. The van der Waals surface area contributed by atoms with Crippen LogP contribution >= 0.6 is 0 Å². The highest BCUT2D eigenvalue weighted by Crippen LogP contribution is 2.32. The molecule has 1 N–H and O–H groups in total. The lowest BCUT2D eigenvalue weighted by Crippen LogP contribution is -2.43. The molecular formula is C9H15NO3. The fourth-order valence-electron chi connectivity index (χ4n) is 1.77. The number of hydrogen-bond acceptors (Lipinski definition) is 4. The monoisotopic (exact) mass is 185 g/mol. The fraction of sp³-hybridized carbons (Fsp3) is 0.778. The molecule has 0 aliphatic carbocycles. The molecule has 0 atom stereocenters. The number of nitrogens with one attached hydrogen (secondary N) is 1. The van der Waals surface area contributed by atoms with E-state index in [1.165, 1.54) is 7.11 Å². The summed E-state index contributed by atoms with van der Waals surface area (Å²) in [5, 5.41) is 3.15. The normalized spacial score (nSPS) is 20.7. The Morgan fingerprint density at radius 1 is 1.54 bits per heavy atom. The van der Waals surface area contributed by atoms with Crippen LogP contribution in [0.5, 0.6) is 0 Å². The molecule has 0 aromatic heterocycles. The molecule has 0 bridgehead atoms. The van der Waals surface area contributed by atoms with Crippen LogP contribution < -0.4 is 5.32 Å². The van der Waals surface area contributed by atoms with Gasteiger partial charge in [-0.25, -0.2) is 0 Å². The Morgan fingerprint density at radius 3 is 2.62 bits per heavy atom. The van der Waals surface area contributed by atoms with E-state index in [2.05, 4.69) is 5.32 Å². The van der Waals surface area contributed by atoms with E-state index in [-0.39, 0.29) is 12.4 Å². The van der Waals surface area contributed by atoms with E-state index in [0.717, 1.165) is 19.4 Å². The first-order valence-corrected chi connectivity index (χ1v) is 4.48. The number of methoxy groups -OCH3 is 1. The van der Waals surface area contributed by atoms with Crippen molar-refractivity contribution in [2.24, 2.45) is 5.41 Å². The predicted octanol–water partition coefficient (Wildman–Crippen LogP) is 0.118. The molecule has 0 aromatic carbocycles. The Labute approximate surface area is 77.6 Å². The van der Waals surface area contributed by atoms with Crippen LogP contribution in [0.15, 0.2) is 0 Å². The van der Waals surface area contributed by atoms with Crippen molar-refractivity contribution < 1.29 is 14.3 Å². The largest absolute Gasteiger partial charge is 0.469 e. The van der Waals surface area contributed by atoms with E-state index in [4.69, 9.17) is 4.74 Å². The second-order valence-corrected chi connectivity index (χ2v) is 3.39. The van der Waals surface area contributed by atoms with Crippen LogP contribution in [-0.4, -0.2) is 32.5 Å². The van der Waals surface area contributed by atoms with Crippen molar-refractivity contribution in [1.82, 2.24) is 5.32 Å². The van der Waals surface area contributed by atoms with E-state index in [1.54, 1.807) is 0 Å². The first kappa shape index (κ1) is 10.2. The third-order valence-corrected chi connectivity index (χ3v) is 2.65. The molecule has 1 aliphatic rings. The number of rotatable bonds is 3. The van der Waals surface area contributed by atoms with Gasteiger partial charge in [0.25, 0.3) is 0 Å². The van der Waals surface area contributed by atoms with E-state index in [9.17, 15) is 9.59 Å². The van der Waals surface area contributed by atoms with Gasteiger partial charge in [0.1, 0.15) is 6.29 Å². The standard InChI is InChI=1S/C9H15NO3/c1-13-8(12)9(4-7-11)2-5-10-6-3-9/h7,10H,2-6H2,1H3. The fourth-order valence-corrected chi connectivity index (χ4v) is 1.77. The average Bonchev–Trinajstić information content (AvgIpc) is 2.18. The van der Waals surface area contributed by atoms with Crippen molar-refractivity contribution in [1.29, 1.82) is 0 Å². The molecule has 74 valence electrons. The smallest absolute Gasteiger partial charge is 0.312 e. The van der Waals surface area contributed by atoms with Crippen LogP contribution in [0, 0.1) is 5.41 Å². The zero-order valence-electron chi connectivity index (χ0n) is 7.84. The minimum Gasteiger partial charge on any atom is -0.469 e. The molecule has 0 amide bonds. The number of esters is 1. The van der Waals surface area contributed by atoms with Gasteiger partial charge in [-0.05, 0) is 25.9 Å². The van der Waals surface area contributed by atoms with Crippen molar-refractivity contribution in [2.75, 3.05) is 20.2 Å². The SMILES string of the molecule is COC(=O)C1(CC=O)CCNCC1. The van der Waals surface area contributed by atoms with Gasteiger partial charge in [-0.15, -0.1) is 0 Å². The summed E-state index contributed by atoms with van der Waals surface area (Å²) in [6.07, 6.45) is 2.47. The molecule has 0 spiro atoms. The summed E-state index contributed by atoms with van der Waals surface area (Å²) in [4.78, 5) is 21.9. The van der Waals surface area contributed by atoms with Crippen molar-refractivity contribution >= 4 is 12.3 Å². The Bertz CT molecular complexity index is 197. The zero-order valence-corrected chi connectivity index (χ0v) is 7.84. The van der Waals surface area contributed by atoms with E-state index < -0.39 is 5.41 Å². The molecule has 1 heterocycles. The van der Waals surface area contributed by atoms with Crippen LogP contribution in [0.2, 0.25) is 0 Å². The maximum absolute atomic E-state index is 11.5. The Balaban J connectivity index is 2.71. The van der Waals surface area contributed by atoms with Crippen LogP contribution in [0.4, 0.5) is 0 Å². The molecule has 0 radical (unpaired) electrons. The van der Waals surface area contributed by atoms with Crippen molar-refractivity contribution in [3.8, 4) is 0 Å². The van der Waals surface area contributed by atoms with Crippen molar-refractivity contribution in [3.63, 3.8) is 0 Å². The van der Waals surface area contributed by atoms with E-state index in [1.807, 2.05) is 0 Å². The number of ether oxygens (including phenoxy) is 1. The second kappa shape index (κ2) is 4.37. The van der Waals surface area contributed by atoms with E-state index >= 15 is 0 Å². The Morgan fingerprint density at radius 2 is 2.15 bits per heavy atom. The second-order valence-electron chi connectivity index (χ2n) is 3.39. The number of aldehydes is 1. The lowest BCUT2D eigenvalue weighted by molar-refractivity contribution is -0.155. The molecule has 4 heteroatoms. The minimum absolute atomic E-state index is 0.249. The molecular weight excluding hydrogens is 170 g/mol. The van der Waals surface area contributed by atoms with Gasteiger partial charge in [0.2, 0.25) is 0 Å². The quantitative estimate of drug-likeness (QED) is 0.501. The van der Waals surface area contributed by atoms with Crippen LogP contribution in [0.25, 0.3) is 0 Å². The van der Waals surface area contributed by atoms with Crippen molar-refractivity contribution in [2.45, 2.75) is 19.3 Å². The molecule has 4 nitrogen and oxygen atoms in total. The number of carbonyl (C=O) groups excluding carboxylic acids is 2. The first-order valence-electron chi connectivity index (χ1n) is 4.48. The third-order valence-electron chi connectivity index (χ3n) is 2.65. The Kier molecular flexibility index (Phi) is 3.42. The summed E-state index contributed by atoms with van der Waals surface area (Å²) in [6.45, 7) is 1.56. The summed E-state index contributed by atoms with van der Waals surface area (Å²) in [7, 11) is 1.37. The van der Waals surface area contributed by atoms with Gasteiger partial charge in [0, 0.05) is 6.42 Å². The molecule has 0 unspecified atom stereocenters. The van der Waals surface area contributed by atoms with E-state index in [0.29, 0.717) is 12.8 Å². The summed E-state index contributed by atoms with van der Waals surface area (Å²) >= 11 is 0. The zero-order chi connectivity index (χ0) is 9.73. The molecule has 1 saturated heterocycles. The highest BCUT2D eigenvalue weighted by Gasteiger charge is 2.40. The van der Waals surface area contributed by atoms with Gasteiger partial charge in [-0.3, -0.25) is 4.79 Å². The van der Waals surface area contributed by atoms with Gasteiger partial charge in [-0.2, -0.15) is 0 Å². The molecule has 13 heavy (non-hydrogen) atoms. The summed E-state index contributed by atoms with van der Waals surface area (Å²) < 4.78 is 4.72. The topological polar surface area (TPSA) is 55.4 Å². The average molecular weight is 185 g/mol. The molecule has 1 rings (SSSR count). The molecule has 0 saturated carbocycles. The molecule has 1 fully saturated rings. The third kappa shape index (κ3) is 2.06. The van der Waals surface area contributed by atoms with Gasteiger partial charge >= 0.3 is 5.97 Å². The molecule has 0 aromatic rings. The summed E-state index contributed by atoms with van der Waals surface area (Å²) in [6, 6.07) is 0. The first-order chi connectivity index (χ1) is 6.25. The highest BCUT2D eigenvalue weighted by molar-refractivity contribution is 5.80. The van der Waals surface area contributed by atoms with Crippen LogP contribution in [0.3, 0.4) is 0 Å². The molecule has 1 aliphatic heterocycles. The van der Waals surface area contributed by atoms with Gasteiger partial charge in [-0.1, -0.05) is 0 Å². The maximum atomic E-state index is 11.5.